The van der Waals surface area contributed by atoms with E-state index in [9.17, 15) is 14.3 Å². The number of aromatic nitrogens is 1. The summed E-state index contributed by atoms with van der Waals surface area (Å²) in [6.45, 7) is 0. The molecule has 1 aromatic heterocycles. The molecule has 0 radical (unpaired) electrons. The van der Waals surface area contributed by atoms with Gasteiger partial charge < -0.3 is 14.6 Å². The van der Waals surface area contributed by atoms with Crippen LogP contribution in [0.1, 0.15) is 10.4 Å². The van der Waals surface area contributed by atoms with Gasteiger partial charge in [-0.05, 0) is 12.1 Å². The van der Waals surface area contributed by atoms with Gasteiger partial charge in [0, 0.05) is 25.1 Å². The van der Waals surface area contributed by atoms with E-state index in [4.69, 9.17) is 0 Å². The number of carbonyl (C=O) groups excluding carboxylic acids is 1. The van der Waals surface area contributed by atoms with Crippen LogP contribution < -0.4 is 0 Å². The van der Waals surface area contributed by atoms with Crippen LogP contribution in [0.4, 0.5) is 4.39 Å². The quantitative estimate of drug-likeness (QED) is 0.771. The second-order valence-corrected chi connectivity index (χ2v) is 3.72. The third-order valence-electron chi connectivity index (χ3n) is 2.68. The molecular formula is C11H12FN3O4. The fourth-order valence-electron chi connectivity index (χ4n) is 1.63. The van der Waals surface area contributed by atoms with Crippen molar-refractivity contribution in [3.8, 4) is 0 Å². The number of alkyl halides is 1. The molecule has 2 atom stereocenters. The molecule has 0 aliphatic carbocycles. The SMILES string of the molecule is COC1=NN(C(=O)c2ccncc2)C(O)(OC)C1F. The van der Waals surface area contributed by atoms with Crippen molar-refractivity contribution < 1.29 is 23.8 Å². The number of aliphatic hydroxyl groups is 1. The summed E-state index contributed by atoms with van der Waals surface area (Å²) in [6.07, 6.45) is 0.694. The Balaban J connectivity index is 2.37. The third kappa shape index (κ3) is 2.04. The average Bonchev–Trinajstić information content (AvgIpc) is 2.72. The van der Waals surface area contributed by atoms with Crippen molar-refractivity contribution in [2.45, 2.75) is 12.1 Å². The Morgan fingerprint density at radius 3 is 2.63 bits per heavy atom. The number of rotatable bonds is 2. The molecule has 1 aliphatic heterocycles. The lowest BCUT2D eigenvalue weighted by Crippen LogP contribution is -2.54. The van der Waals surface area contributed by atoms with Crippen LogP contribution in [0.2, 0.25) is 0 Å². The van der Waals surface area contributed by atoms with Crippen molar-refractivity contribution in [3.63, 3.8) is 0 Å². The molecule has 2 unspecified atom stereocenters. The minimum atomic E-state index is -2.52. The number of methoxy groups -OCH3 is 2. The molecule has 1 aromatic rings. The molecule has 1 N–H and O–H groups in total. The minimum Gasteiger partial charge on any atom is -0.481 e. The maximum absolute atomic E-state index is 13.9. The van der Waals surface area contributed by atoms with Crippen LogP contribution in [0.5, 0.6) is 0 Å². The van der Waals surface area contributed by atoms with Crippen molar-refractivity contribution in [1.29, 1.82) is 0 Å². The van der Waals surface area contributed by atoms with Crippen LogP contribution in [0, 0.1) is 0 Å². The average molecular weight is 269 g/mol. The maximum atomic E-state index is 13.9. The zero-order valence-corrected chi connectivity index (χ0v) is 10.3. The van der Waals surface area contributed by atoms with Gasteiger partial charge in [0.15, 0.2) is 0 Å². The molecule has 2 heterocycles. The van der Waals surface area contributed by atoms with E-state index >= 15 is 0 Å². The number of hydrogen-bond acceptors (Lipinski definition) is 6. The van der Waals surface area contributed by atoms with Crippen molar-refractivity contribution in [3.05, 3.63) is 30.1 Å². The zero-order valence-electron chi connectivity index (χ0n) is 10.3. The molecule has 0 fully saturated rings. The van der Waals surface area contributed by atoms with E-state index in [2.05, 4.69) is 19.6 Å². The predicted molar refractivity (Wildman–Crippen MR) is 61.7 cm³/mol. The highest BCUT2D eigenvalue weighted by atomic mass is 19.1. The largest absolute Gasteiger partial charge is 0.481 e. The summed E-state index contributed by atoms with van der Waals surface area (Å²) in [5.41, 5.74) is 0.179. The second-order valence-electron chi connectivity index (χ2n) is 3.72. The molecule has 19 heavy (non-hydrogen) atoms. The summed E-state index contributed by atoms with van der Waals surface area (Å²) < 4.78 is 23.3. The topological polar surface area (TPSA) is 84.2 Å². The lowest BCUT2D eigenvalue weighted by atomic mass is 10.2. The Hall–Kier alpha value is -2.06. The fraction of sp³-hybridized carbons (Fsp3) is 0.364. The predicted octanol–water partition coefficient (Wildman–Crippen LogP) is 0.128. The molecule has 0 saturated carbocycles. The highest BCUT2D eigenvalue weighted by Gasteiger charge is 2.56. The van der Waals surface area contributed by atoms with Gasteiger partial charge >= 0.3 is 5.91 Å². The van der Waals surface area contributed by atoms with E-state index in [1.54, 1.807) is 0 Å². The molecule has 1 amide bonds. The van der Waals surface area contributed by atoms with Crippen molar-refractivity contribution >= 4 is 11.8 Å². The van der Waals surface area contributed by atoms with Gasteiger partial charge in [-0.3, -0.25) is 9.78 Å². The molecular weight excluding hydrogens is 257 g/mol. The fourth-order valence-corrected chi connectivity index (χ4v) is 1.63. The molecule has 102 valence electrons. The van der Waals surface area contributed by atoms with E-state index in [-0.39, 0.29) is 5.56 Å². The third-order valence-corrected chi connectivity index (χ3v) is 2.68. The lowest BCUT2D eigenvalue weighted by molar-refractivity contribution is -0.274. The minimum absolute atomic E-state index is 0.179. The standard InChI is InChI=1S/C11H12FN3O4/c1-18-9-8(12)11(17,19-2)15(14-9)10(16)7-3-5-13-6-4-7/h3-6,8,17H,1-2H3. The Labute approximate surface area is 108 Å². The van der Waals surface area contributed by atoms with Crippen molar-refractivity contribution in [1.82, 2.24) is 9.99 Å². The molecule has 0 saturated heterocycles. The Kier molecular flexibility index (Phi) is 3.45. The van der Waals surface area contributed by atoms with Crippen LogP contribution in [0.25, 0.3) is 0 Å². The van der Waals surface area contributed by atoms with Gasteiger partial charge in [0.05, 0.1) is 7.11 Å². The van der Waals surface area contributed by atoms with Crippen molar-refractivity contribution in [2.75, 3.05) is 14.2 Å². The molecule has 0 aromatic carbocycles. The number of nitrogens with zero attached hydrogens (tertiary/aromatic N) is 3. The van der Waals surface area contributed by atoms with Gasteiger partial charge in [-0.15, -0.1) is 5.10 Å². The summed E-state index contributed by atoms with van der Waals surface area (Å²) in [4.78, 5) is 15.9. The summed E-state index contributed by atoms with van der Waals surface area (Å²) in [6, 6.07) is 2.82. The molecule has 1 aliphatic rings. The normalized spacial score (nSPS) is 26.2. The zero-order chi connectivity index (χ0) is 14.0. The lowest BCUT2D eigenvalue weighted by Gasteiger charge is -2.29. The number of pyridine rings is 1. The molecule has 2 rings (SSSR count). The first-order valence-electron chi connectivity index (χ1n) is 5.33. The van der Waals surface area contributed by atoms with Gasteiger partial charge in [-0.2, -0.15) is 5.01 Å². The number of amides is 1. The highest BCUT2D eigenvalue weighted by Crippen LogP contribution is 2.30. The Morgan fingerprint density at radius 1 is 1.47 bits per heavy atom. The monoisotopic (exact) mass is 269 g/mol. The summed E-state index contributed by atoms with van der Waals surface area (Å²) in [5.74, 6) is -3.70. The molecule has 0 spiro atoms. The molecule has 0 bridgehead atoms. The van der Waals surface area contributed by atoms with E-state index in [0.717, 1.165) is 7.11 Å². The van der Waals surface area contributed by atoms with E-state index < -0.39 is 23.9 Å². The Morgan fingerprint density at radius 2 is 2.11 bits per heavy atom. The summed E-state index contributed by atoms with van der Waals surface area (Å²) in [7, 11) is 2.25. The van der Waals surface area contributed by atoms with Crippen LogP contribution >= 0.6 is 0 Å². The van der Waals surface area contributed by atoms with Crippen molar-refractivity contribution in [2.24, 2.45) is 5.10 Å². The van der Waals surface area contributed by atoms with Gasteiger partial charge in [-0.1, -0.05) is 0 Å². The van der Waals surface area contributed by atoms with E-state index in [1.807, 2.05) is 0 Å². The number of hydrogen-bond donors (Lipinski definition) is 1. The highest BCUT2D eigenvalue weighted by molar-refractivity contribution is 5.97. The van der Waals surface area contributed by atoms with Crippen LogP contribution in [-0.2, 0) is 9.47 Å². The maximum Gasteiger partial charge on any atom is 0.313 e. The molecule has 8 heteroatoms. The van der Waals surface area contributed by atoms with Gasteiger partial charge in [-0.25, -0.2) is 4.39 Å². The first-order valence-corrected chi connectivity index (χ1v) is 5.33. The first kappa shape index (κ1) is 13.4. The number of hydrazone groups is 1. The van der Waals surface area contributed by atoms with Crippen LogP contribution in [0.3, 0.4) is 0 Å². The molecule has 7 nitrogen and oxygen atoms in total. The van der Waals surface area contributed by atoms with Crippen LogP contribution in [0.15, 0.2) is 29.6 Å². The van der Waals surface area contributed by atoms with Gasteiger partial charge in [0.2, 0.25) is 5.90 Å². The smallest absolute Gasteiger partial charge is 0.313 e. The van der Waals surface area contributed by atoms with E-state index in [0.29, 0.717) is 5.01 Å². The van der Waals surface area contributed by atoms with Gasteiger partial charge in [0.1, 0.15) is 0 Å². The Bertz CT molecular complexity index is 510. The van der Waals surface area contributed by atoms with Crippen LogP contribution in [-0.4, -0.2) is 53.2 Å². The number of halogens is 1. The summed E-state index contributed by atoms with van der Waals surface area (Å²) >= 11 is 0. The van der Waals surface area contributed by atoms with Gasteiger partial charge in [0.25, 0.3) is 12.1 Å². The summed E-state index contributed by atoms with van der Waals surface area (Å²) in [5, 5.41) is 14.2. The number of carbonyl (C=O) groups is 1. The second kappa shape index (κ2) is 4.90. The number of ether oxygens (including phenoxy) is 2. The first-order chi connectivity index (χ1) is 9.04. The van der Waals surface area contributed by atoms with E-state index in [1.165, 1.54) is 31.6 Å².